The van der Waals surface area contributed by atoms with E-state index in [1.165, 1.54) is 12.8 Å². The maximum Gasteiger partial charge on any atom is 0.205 e. The molecule has 0 radical (unpaired) electrons. The average Bonchev–Trinajstić information content (AvgIpc) is 3.12. The number of phenolic OH excluding ortho intramolecular Hbond substituents is 1. The minimum atomic E-state index is -0.233. The van der Waals surface area contributed by atoms with E-state index >= 15 is 0 Å². The number of thiophene rings is 1. The van der Waals surface area contributed by atoms with Crippen LogP contribution in [0.15, 0.2) is 41.1 Å². The van der Waals surface area contributed by atoms with Crippen LogP contribution in [0.3, 0.4) is 0 Å². The van der Waals surface area contributed by atoms with Crippen LogP contribution in [0.2, 0.25) is 0 Å². The van der Waals surface area contributed by atoms with Crippen LogP contribution in [-0.4, -0.2) is 5.11 Å². The number of hydrogen-bond acceptors (Lipinski definition) is 5. The molecule has 0 bridgehead atoms. The summed E-state index contributed by atoms with van der Waals surface area (Å²) < 4.78 is 5.62. The first kappa shape index (κ1) is 17.4. The second kappa shape index (κ2) is 7.62. The highest BCUT2D eigenvalue weighted by atomic mass is 32.1. The lowest BCUT2D eigenvalue weighted by molar-refractivity contribution is 0.387. The van der Waals surface area contributed by atoms with Crippen molar-refractivity contribution in [3.8, 4) is 17.6 Å². The summed E-state index contributed by atoms with van der Waals surface area (Å²) in [7, 11) is 0. The highest BCUT2D eigenvalue weighted by molar-refractivity contribution is 7.10. The molecular weight excluding hydrogens is 332 g/mol. The molecule has 2 heterocycles. The third-order valence-corrected chi connectivity index (χ3v) is 5.48. The molecule has 1 aromatic carbocycles. The Kier molecular flexibility index (Phi) is 5.30. The third-order valence-electron chi connectivity index (χ3n) is 4.54. The van der Waals surface area contributed by atoms with Crippen LogP contribution < -0.4 is 10.5 Å². The molecule has 1 atom stereocenters. The number of nitriles is 1. The van der Waals surface area contributed by atoms with Crippen molar-refractivity contribution in [2.75, 3.05) is 0 Å². The largest absolute Gasteiger partial charge is 0.508 e. The van der Waals surface area contributed by atoms with Crippen molar-refractivity contribution in [3.63, 3.8) is 0 Å². The fourth-order valence-electron chi connectivity index (χ4n) is 3.23. The number of hydrogen-bond donors (Lipinski definition) is 2. The Morgan fingerprint density at radius 3 is 2.84 bits per heavy atom. The van der Waals surface area contributed by atoms with E-state index in [1.807, 2.05) is 23.6 Å². The van der Waals surface area contributed by atoms with Gasteiger partial charge in [0.1, 0.15) is 23.1 Å². The van der Waals surface area contributed by atoms with Crippen LogP contribution in [0.25, 0.3) is 0 Å². The predicted molar refractivity (Wildman–Crippen MR) is 99.6 cm³/mol. The van der Waals surface area contributed by atoms with Crippen LogP contribution in [0.5, 0.6) is 11.5 Å². The fourth-order valence-corrected chi connectivity index (χ4v) is 4.08. The average molecular weight is 354 g/mol. The zero-order chi connectivity index (χ0) is 17.8. The highest BCUT2D eigenvalue weighted by Crippen LogP contribution is 2.45. The van der Waals surface area contributed by atoms with E-state index in [4.69, 9.17) is 10.5 Å². The van der Waals surface area contributed by atoms with Gasteiger partial charge >= 0.3 is 0 Å². The lowest BCUT2D eigenvalue weighted by Gasteiger charge is -2.26. The number of nitrogens with two attached hydrogens (primary N) is 1. The van der Waals surface area contributed by atoms with Crippen LogP contribution in [-0.2, 0) is 6.42 Å². The highest BCUT2D eigenvalue weighted by Gasteiger charge is 2.32. The lowest BCUT2D eigenvalue weighted by atomic mass is 9.86. The molecule has 0 saturated heterocycles. The van der Waals surface area contributed by atoms with E-state index < -0.39 is 0 Å². The number of rotatable bonds is 6. The normalized spacial score (nSPS) is 16.2. The monoisotopic (exact) mass is 354 g/mol. The van der Waals surface area contributed by atoms with Gasteiger partial charge < -0.3 is 15.6 Å². The molecule has 25 heavy (non-hydrogen) atoms. The summed E-state index contributed by atoms with van der Waals surface area (Å²) in [6.45, 7) is 2.18. The summed E-state index contributed by atoms with van der Waals surface area (Å²) in [6.07, 6.45) is 5.38. The first-order valence-electron chi connectivity index (χ1n) is 8.62. The predicted octanol–water partition coefficient (Wildman–Crippen LogP) is 4.79. The number of aromatic hydroxyl groups is 1. The molecule has 1 aliphatic rings. The summed E-state index contributed by atoms with van der Waals surface area (Å²) in [6, 6.07) is 9.78. The topological polar surface area (TPSA) is 79.3 Å². The number of fused-ring (bicyclic) bond motifs is 1. The van der Waals surface area contributed by atoms with E-state index in [0.717, 1.165) is 35.3 Å². The Balaban J connectivity index is 1.99. The number of aryl methyl sites for hydroxylation is 1. The molecule has 0 saturated carbocycles. The van der Waals surface area contributed by atoms with Crippen molar-refractivity contribution in [3.05, 3.63) is 57.1 Å². The molecule has 3 rings (SSSR count). The molecule has 5 heteroatoms. The number of allylic oxidation sites excluding steroid dienone is 1. The third kappa shape index (κ3) is 3.49. The Morgan fingerprint density at radius 1 is 1.32 bits per heavy atom. The Bertz CT molecular complexity index is 819. The van der Waals surface area contributed by atoms with Crippen LogP contribution in [0, 0.1) is 11.3 Å². The van der Waals surface area contributed by atoms with Gasteiger partial charge in [0.15, 0.2) is 0 Å². The number of benzene rings is 1. The van der Waals surface area contributed by atoms with Gasteiger partial charge in [0.05, 0.1) is 5.92 Å². The molecule has 130 valence electrons. The molecule has 0 unspecified atom stereocenters. The van der Waals surface area contributed by atoms with Crippen LogP contribution >= 0.6 is 11.3 Å². The van der Waals surface area contributed by atoms with E-state index in [0.29, 0.717) is 11.3 Å². The Hall–Kier alpha value is -2.45. The SMILES string of the molecule is CCCCCCc1cc2c(cc1O)OC(N)=C(C#N)[C@@H]2c1cccs1. The van der Waals surface area contributed by atoms with Gasteiger partial charge in [-0.05, 0) is 35.9 Å². The maximum atomic E-state index is 10.3. The molecular formula is C20H22N2O2S. The molecule has 0 fully saturated rings. The van der Waals surface area contributed by atoms with Gasteiger partial charge in [-0.2, -0.15) is 5.26 Å². The summed E-state index contributed by atoms with van der Waals surface area (Å²) in [4.78, 5) is 1.05. The van der Waals surface area contributed by atoms with E-state index in [9.17, 15) is 10.4 Å². The van der Waals surface area contributed by atoms with Gasteiger partial charge in [-0.3, -0.25) is 0 Å². The molecule has 4 nitrogen and oxygen atoms in total. The fraction of sp³-hybridized carbons (Fsp3) is 0.350. The molecule has 0 aliphatic carbocycles. The Morgan fingerprint density at radius 2 is 2.16 bits per heavy atom. The number of nitrogens with zero attached hydrogens (tertiary/aromatic N) is 1. The molecule has 1 aliphatic heterocycles. The van der Waals surface area contributed by atoms with E-state index in [2.05, 4.69) is 13.0 Å². The van der Waals surface area contributed by atoms with Crippen molar-refractivity contribution in [2.45, 2.75) is 44.9 Å². The summed E-state index contributed by atoms with van der Waals surface area (Å²) in [5.74, 6) is 0.644. The maximum absolute atomic E-state index is 10.3. The zero-order valence-electron chi connectivity index (χ0n) is 14.3. The van der Waals surface area contributed by atoms with Crippen molar-refractivity contribution >= 4 is 11.3 Å². The van der Waals surface area contributed by atoms with Gasteiger partial charge in [0.2, 0.25) is 5.88 Å². The standard InChI is InChI=1S/C20H22N2O2S/c1-2-3-4-5-7-13-10-14-17(11-16(13)23)24-20(22)15(12-21)19(14)18-8-6-9-25-18/h6,8-11,19,23H,2-5,7,22H2,1H3/t19-/m1/s1. The van der Waals surface area contributed by atoms with Gasteiger partial charge in [0.25, 0.3) is 0 Å². The van der Waals surface area contributed by atoms with Crippen molar-refractivity contribution in [1.82, 2.24) is 0 Å². The number of ether oxygens (including phenoxy) is 1. The molecule has 0 spiro atoms. The molecule has 2 aromatic rings. The molecule has 3 N–H and O–H groups in total. The zero-order valence-corrected chi connectivity index (χ0v) is 15.1. The van der Waals surface area contributed by atoms with Crippen molar-refractivity contribution in [1.29, 1.82) is 5.26 Å². The second-order valence-corrected chi connectivity index (χ2v) is 7.25. The van der Waals surface area contributed by atoms with E-state index in [1.54, 1.807) is 17.4 Å². The minimum absolute atomic E-state index is 0.114. The van der Waals surface area contributed by atoms with Crippen LogP contribution in [0.1, 0.15) is 54.5 Å². The van der Waals surface area contributed by atoms with E-state index in [-0.39, 0.29) is 17.6 Å². The quantitative estimate of drug-likeness (QED) is 0.731. The van der Waals surface area contributed by atoms with Crippen molar-refractivity contribution < 1.29 is 9.84 Å². The summed E-state index contributed by atoms with van der Waals surface area (Å²) in [5.41, 5.74) is 8.19. The smallest absolute Gasteiger partial charge is 0.205 e. The second-order valence-electron chi connectivity index (χ2n) is 6.27. The summed E-state index contributed by atoms with van der Waals surface area (Å²) in [5, 5.41) is 21.9. The van der Waals surface area contributed by atoms with Crippen LogP contribution in [0.4, 0.5) is 0 Å². The minimum Gasteiger partial charge on any atom is -0.508 e. The molecule has 1 aromatic heterocycles. The Labute approximate surface area is 152 Å². The molecule has 0 amide bonds. The van der Waals surface area contributed by atoms with Gasteiger partial charge in [-0.1, -0.05) is 32.3 Å². The lowest BCUT2D eigenvalue weighted by Crippen LogP contribution is -2.20. The van der Waals surface area contributed by atoms with Gasteiger partial charge in [-0.25, -0.2) is 0 Å². The van der Waals surface area contributed by atoms with Gasteiger partial charge in [-0.15, -0.1) is 11.3 Å². The van der Waals surface area contributed by atoms with Crippen molar-refractivity contribution in [2.24, 2.45) is 5.73 Å². The number of unbranched alkanes of at least 4 members (excludes halogenated alkanes) is 3. The first-order chi connectivity index (χ1) is 12.2. The first-order valence-corrected chi connectivity index (χ1v) is 9.50. The summed E-state index contributed by atoms with van der Waals surface area (Å²) >= 11 is 1.59. The van der Waals surface area contributed by atoms with Gasteiger partial charge in [0, 0.05) is 16.5 Å². The number of phenols is 1.